The summed E-state index contributed by atoms with van der Waals surface area (Å²) in [7, 11) is 0. The van der Waals surface area contributed by atoms with Crippen molar-refractivity contribution in [2.45, 2.75) is 25.8 Å². The summed E-state index contributed by atoms with van der Waals surface area (Å²) in [5, 5.41) is 3.27. The maximum atomic E-state index is 11.6. The quantitative estimate of drug-likeness (QED) is 0.934. The van der Waals surface area contributed by atoms with Crippen LogP contribution in [0.15, 0.2) is 22.7 Å². The van der Waals surface area contributed by atoms with Gasteiger partial charge in [-0.2, -0.15) is 4.98 Å². The SMILES string of the molecule is CCOC(=O)N1CCC(Nc2nc3ncccc3o2)CC1. The van der Waals surface area contributed by atoms with Gasteiger partial charge in [0.05, 0.1) is 6.61 Å². The lowest BCUT2D eigenvalue weighted by molar-refractivity contribution is 0.0982. The van der Waals surface area contributed by atoms with Crippen molar-refractivity contribution < 1.29 is 13.9 Å². The van der Waals surface area contributed by atoms with Gasteiger partial charge in [-0.25, -0.2) is 9.78 Å². The second-order valence-electron chi connectivity index (χ2n) is 4.95. The zero-order chi connectivity index (χ0) is 14.7. The number of nitrogens with zero attached hydrogens (tertiary/aromatic N) is 3. The monoisotopic (exact) mass is 290 g/mol. The molecule has 3 heterocycles. The molecule has 0 aliphatic carbocycles. The summed E-state index contributed by atoms with van der Waals surface area (Å²) in [6.07, 6.45) is 3.13. The minimum Gasteiger partial charge on any atom is -0.450 e. The van der Waals surface area contributed by atoms with E-state index in [4.69, 9.17) is 9.15 Å². The standard InChI is InChI=1S/C14H18N4O3/c1-2-20-14(19)18-8-5-10(6-9-18)16-13-17-12-11(21-13)4-3-7-15-12/h3-4,7,10H,2,5-6,8-9H2,1H3,(H,15,16,17). The number of hydrogen-bond acceptors (Lipinski definition) is 6. The van der Waals surface area contributed by atoms with Gasteiger partial charge in [0, 0.05) is 25.3 Å². The fourth-order valence-electron chi connectivity index (χ4n) is 2.43. The van der Waals surface area contributed by atoms with E-state index in [0.29, 0.717) is 36.9 Å². The summed E-state index contributed by atoms with van der Waals surface area (Å²) in [4.78, 5) is 21.8. The van der Waals surface area contributed by atoms with E-state index in [-0.39, 0.29) is 12.1 Å². The molecule has 0 aromatic carbocycles. The number of pyridine rings is 1. The number of oxazole rings is 1. The Morgan fingerprint density at radius 1 is 1.52 bits per heavy atom. The van der Waals surface area contributed by atoms with Crippen molar-refractivity contribution in [1.82, 2.24) is 14.9 Å². The van der Waals surface area contributed by atoms with Gasteiger partial charge in [0.2, 0.25) is 5.65 Å². The Bertz CT molecular complexity index is 586. The van der Waals surface area contributed by atoms with E-state index < -0.39 is 0 Å². The zero-order valence-corrected chi connectivity index (χ0v) is 11.9. The van der Waals surface area contributed by atoms with Crippen molar-refractivity contribution in [2.24, 2.45) is 0 Å². The molecule has 3 rings (SSSR count). The van der Waals surface area contributed by atoms with Crippen LogP contribution in [0.2, 0.25) is 0 Å². The lowest BCUT2D eigenvalue weighted by Crippen LogP contribution is -2.42. The third kappa shape index (κ3) is 3.07. The van der Waals surface area contributed by atoms with Crippen LogP contribution in [0.4, 0.5) is 10.8 Å². The van der Waals surface area contributed by atoms with Crippen LogP contribution in [0, 0.1) is 0 Å². The van der Waals surface area contributed by atoms with Gasteiger partial charge < -0.3 is 19.4 Å². The fraction of sp³-hybridized carbons (Fsp3) is 0.500. The van der Waals surface area contributed by atoms with Gasteiger partial charge in [0.25, 0.3) is 6.01 Å². The molecule has 1 saturated heterocycles. The molecule has 7 heteroatoms. The molecule has 0 radical (unpaired) electrons. The molecule has 1 N–H and O–H groups in total. The predicted molar refractivity (Wildman–Crippen MR) is 77.0 cm³/mol. The molecule has 1 amide bonds. The molecule has 1 aliphatic rings. The molecule has 1 fully saturated rings. The third-order valence-electron chi connectivity index (χ3n) is 3.51. The van der Waals surface area contributed by atoms with Crippen molar-refractivity contribution in [3.05, 3.63) is 18.3 Å². The van der Waals surface area contributed by atoms with Crippen LogP contribution < -0.4 is 5.32 Å². The molecule has 7 nitrogen and oxygen atoms in total. The van der Waals surface area contributed by atoms with Crippen LogP contribution in [-0.4, -0.2) is 46.7 Å². The first kappa shape index (κ1) is 13.7. The fourth-order valence-corrected chi connectivity index (χ4v) is 2.43. The first-order chi connectivity index (χ1) is 10.3. The molecular weight excluding hydrogens is 272 g/mol. The first-order valence-electron chi connectivity index (χ1n) is 7.16. The van der Waals surface area contributed by atoms with E-state index >= 15 is 0 Å². The van der Waals surface area contributed by atoms with Gasteiger partial charge in [-0.3, -0.25) is 0 Å². The molecule has 0 spiro atoms. The van der Waals surface area contributed by atoms with Gasteiger partial charge in [-0.1, -0.05) is 0 Å². The van der Waals surface area contributed by atoms with Crippen LogP contribution in [-0.2, 0) is 4.74 Å². The second-order valence-corrected chi connectivity index (χ2v) is 4.95. The Kier molecular flexibility index (Phi) is 3.89. The van der Waals surface area contributed by atoms with Crippen molar-refractivity contribution in [3.8, 4) is 0 Å². The Balaban J connectivity index is 1.56. The second kappa shape index (κ2) is 5.99. The van der Waals surface area contributed by atoms with Crippen molar-refractivity contribution in [2.75, 3.05) is 25.0 Å². The Morgan fingerprint density at radius 3 is 3.05 bits per heavy atom. The van der Waals surface area contributed by atoms with Gasteiger partial charge in [0.1, 0.15) is 0 Å². The van der Waals surface area contributed by atoms with Crippen LogP contribution in [0.5, 0.6) is 0 Å². The maximum absolute atomic E-state index is 11.6. The highest BCUT2D eigenvalue weighted by atomic mass is 16.6. The molecular formula is C14H18N4O3. The number of hydrogen-bond donors (Lipinski definition) is 1. The number of anilines is 1. The van der Waals surface area contributed by atoms with Crippen molar-refractivity contribution in [1.29, 1.82) is 0 Å². The maximum Gasteiger partial charge on any atom is 0.409 e. The minimum absolute atomic E-state index is 0.234. The zero-order valence-electron chi connectivity index (χ0n) is 11.9. The molecule has 0 unspecified atom stereocenters. The Hall–Kier alpha value is -2.31. The minimum atomic E-state index is -0.234. The van der Waals surface area contributed by atoms with E-state index in [0.717, 1.165) is 12.8 Å². The summed E-state index contributed by atoms with van der Waals surface area (Å²) in [6, 6.07) is 4.38. The summed E-state index contributed by atoms with van der Waals surface area (Å²) in [6.45, 7) is 3.57. The first-order valence-corrected chi connectivity index (χ1v) is 7.16. The molecule has 2 aromatic rings. The molecule has 0 bridgehead atoms. The number of aromatic nitrogens is 2. The van der Waals surface area contributed by atoms with E-state index in [2.05, 4.69) is 15.3 Å². The average molecular weight is 290 g/mol. The largest absolute Gasteiger partial charge is 0.450 e. The molecule has 112 valence electrons. The summed E-state index contributed by atoms with van der Waals surface area (Å²) >= 11 is 0. The Morgan fingerprint density at radius 2 is 2.33 bits per heavy atom. The summed E-state index contributed by atoms with van der Waals surface area (Å²) < 4.78 is 10.6. The van der Waals surface area contributed by atoms with E-state index in [1.807, 2.05) is 19.1 Å². The van der Waals surface area contributed by atoms with Crippen LogP contribution in [0.3, 0.4) is 0 Å². The average Bonchev–Trinajstić information content (AvgIpc) is 2.90. The highest BCUT2D eigenvalue weighted by Gasteiger charge is 2.24. The van der Waals surface area contributed by atoms with E-state index in [1.165, 1.54) is 0 Å². The molecule has 0 saturated carbocycles. The Labute approximate surface area is 122 Å². The number of likely N-dealkylation sites (tertiary alicyclic amines) is 1. The lowest BCUT2D eigenvalue weighted by atomic mass is 10.1. The van der Waals surface area contributed by atoms with Gasteiger partial charge >= 0.3 is 6.09 Å². The van der Waals surface area contributed by atoms with E-state index in [9.17, 15) is 4.79 Å². The number of carbonyl (C=O) groups excluding carboxylic acids is 1. The number of amides is 1. The van der Waals surface area contributed by atoms with Gasteiger partial charge in [-0.05, 0) is 31.9 Å². The topological polar surface area (TPSA) is 80.5 Å². The smallest absolute Gasteiger partial charge is 0.409 e. The highest BCUT2D eigenvalue weighted by Crippen LogP contribution is 2.20. The number of nitrogens with one attached hydrogen (secondary N) is 1. The van der Waals surface area contributed by atoms with Crippen LogP contribution >= 0.6 is 0 Å². The van der Waals surface area contributed by atoms with Crippen LogP contribution in [0.1, 0.15) is 19.8 Å². The summed E-state index contributed by atoms with van der Waals surface area (Å²) in [5.74, 6) is 0. The van der Waals surface area contributed by atoms with Crippen LogP contribution in [0.25, 0.3) is 11.2 Å². The number of ether oxygens (including phenoxy) is 1. The number of piperidine rings is 1. The van der Waals surface area contributed by atoms with Gasteiger partial charge in [0.15, 0.2) is 5.58 Å². The van der Waals surface area contributed by atoms with E-state index in [1.54, 1.807) is 11.1 Å². The van der Waals surface area contributed by atoms with Crippen molar-refractivity contribution in [3.63, 3.8) is 0 Å². The lowest BCUT2D eigenvalue weighted by Gasteiger charge is -2.31. The normalized spacial score (nSPS) is 16.1. The predicted octanol–water partition coefficient (Wildman–Crippen LogP) is 2.26. The summed E-state index contributed by atoms with van der Waals surface area (Å²) in [5.41, 5.74) is 1.27. The molecule has 1 aliphatic heterocycles. The molecule has 2 aromatic heterocycles. The van der Waals surface area contributed by atoms with Crippen molar-refractivity contribution >= 4 is 23.3 Å². The number of rotatable bonds is 3. The highest BCUT2D eigenvalue weighted by molar-refractivity contribution is 5.69. The number of carbonyl (C=O) groups is 1. The molecule has 0 atom stereocenters. The number of fused-ring (bicyclic) bond motifs is 1. The third-order valence-corrected chi connectivity index (χ3v) is 3.51. The van der Waals surface area contributed by atoms with Gasteiger partial charge in [-0.15, -0.1) is 0 Å². The molecule has 21 heavy (non-hydrogen) atoms.